The van der Waals surface area contributed by atoms with Crippen LogP contribution in [0.3, 0.4) is 0 Å². The largest absolute Gasteiger partial charge is 0.481 e. The summed E-state index contributed by atoms with van der Waals surface area (Å²) in [5, 5.41) is 8.88. The highest BCUT2D eigenvalue weighted by molar-refractivity contribution is 7.97. The van der Waals surface area contributed by atoms with Crippen molar-refractivity contribution in [2.75, 3.05) is 19.3 Å². The molecule has 4 nitrogen and oxygen atoms in total. The maximum atomic E-state index is 12.5. The monoisotopic (exact) mass is 307 g/mol. The van der Waals surface area contributed by atoms with Gasteiger partial charge in [-0.1, -0.05) is 12.1 Å². The number of carbonyl (C=O) groups excluding carboxylic acids is 1. The second kappa shape index (κ2) is 7.50. The van der Waals surface area contributed by atoms with E-state index in [0.29, 0.717) is 12.1 Å². The van der Waals surface area contributed by atoms with Crippen molar-refractivity contribution in [1.29, 1.82) is 0 Å². The van der Waals surface area contributed by atoms with Gasteiger partial charge in [-0.25, -0.2) is 0 Å². The summed E-state index contributed by atoms with van der Waals surface area (Å²) in [5.41, 5.74) is 1.90. The van der Waals surface area contributed by atoms with Gasteiger partial charge >= 0.3 is 5.97 Å². The Morgan fingerprint density at radius 2 is 2.05 bits per heavy atom. The number of rotatable bonds is 5. The molecule has 1 unspecified atom stereocenters. The number of amides is 1. The predicted molar refractivity (Wildman–Crippen MR) is 84.5 cm³/mol. The molecule has 1 atom stereocenters. The Hall–Kier alpha value is -1.49. The third kappa shape index (κ3) is 4.49. The molecule has 1 heterocycles. The van der Waals surface area contributed by atoms with Gasteiger partial charge in [0.25, 0.3) is 5.91 Å². The summed E-state index contributed by atoms with van der Waals surface area (Å²) in [6.07, 6.45) is 3.98. The van der Waals surface area contributed by atoms with Crippen molar-refractivity contribution < 1.29 is 14.7 Å². The van der Waals surface area contributed by atoms with Crippen molar-refractivity contribution in [1.82, 2.24) is 4.90 Å². The highest BCUT2D eigenvalue weighted by Crippen LogP contribution is 2.21. The molecule has 21 heavy (non-hydrogen) atoms. The number of likely N-dealkylation sites (tertiary alicyclic amines) is 1. The molecule has 1 amide bonds. The quantitative estimate of drug-likeness (QED) is 0.909. The van der Waals surface area contributed by atoms with Crippen molar-refractivity contribution >= 4 is 23.6 Å². The summed E-state index contributed by atoms with van der Waals surface area (Å²) < 4.78 is 0. The lowest BCUT2D eigenvalue weighted by Gasteiger charge is -2.32. The van der Waals surface area contributed by atoms with Crippen LogP contribution in [0.1, 0.15) is 35.2 Å². The predicted octanol–water partition coefficient (Wildman–Crippen LogP) is 2.88. The van der Waals surface area contributed by atoms with Gasteiger partial charge < -0.3 is 10.0 Å². The second-order valence-corrected chi connectivity index (χ2v) is 6.35. The van der Waals surface area contributed by atoms with Crippen LogP contribution in [0.5, 0.6) is 0 Å². The molecule has 0 bridgehead atoms. The van der Waals surface area contributed by atoms with E-state index in [0.717, 1.165) is 25.1 Å². The number of thioether (sulfide) groups is 1. The maximum absolute atomic E-state index is 12.5. The molecule has 1 aromatic rings. The Labute approximate surface area is 129 Å². The zero-order valence-corrected chi connectivity index (χ0v) is 13.1. The number of benzene rings is 1. The molecular weight excluding hydrogens is 286 g/mol. The van der Waals surface area contributed by atoms with Gasteiger partial charge in [-0.3, -0.25) is 9.59 Å². The molecule has 2 rings (SSSR count). The molecule has 5 heteroatoms. The standard InChI is InChI=1S/C16H21NO3S/c1-21-11-12-4-6-14(7-5-12)16(20)17-8-2-3-13(10-17)9-15(18)19/h4-7,13H,2-3,8-11H2,1H3,(H,18,19). The summed E-state index contributed by atoms with van der Waals surface area (Å²) >= 11 is 1.75. The fourth-order valence-corrected chi connectivity index (χ4v) is 3.28. The lowest BCUT2D eigenvalue weighted by molar-refractivity contribution is -0.138. The highest BCUT2D eigenvalue weighted by atomic mass is 32.2. The minimum absolute atomic E-state index is 0.0146. The first-order valence-electron chi connectivity index (χ1n) is 7.19. The Balaban J connectivity index is 1.99. The normalized spacial score (nSPS) is 18.5. The topological polar surface area (TPSA) is 57.6 Å². The molecule has 0 saturated carbocycles. The Bertz CT molecular complexity index is 501. The van der Waals surface area contributed by atoms with Gasteiger partial charge in [-0.05, 0) is 42.7 Å². The van der Waals surface area contributed by atoms with Crippen LogP contribution in [0.15, 0.2) is 24.3 Å². The van der Waals surface area contributed by atoms with E-state index in [4.69, 9.17) is 5.11 Å². The maximum Gasteiger partial charge on any atom is 0.303 e. The van der Waals surface area contributed by atoms with E-state index in [9.17, 15) is 9.59 Å². The van der Waals surface area contributed by atoms with Gasteiger partial charge in [0.1, 0.15) is 0 Å². The second-order valence-electron chi connectivity index (χ2n) is 5.49. The summed E-state index contributed by atoms with van der Waals surface area (Å²) in [7, 11) is 0. The number of hydrogen-bond acceptors (Lipinski definition) is 3. The number of piperidine rings is 1. The van der Waals surface area contributed by atoms with Crippen molar-refractivity contribution in [2.45, 2.75) is 25.0 Å². The van der Waals surface area contributed by atoms with E-state index >= 15 is 0 Å². The van der Waals surface area contributed by atoms with Gasteiger partial charge in [-0.15, -0.1) is 0 Å². The van der Waals surface area contributed by atoms with E-state index in [2.05, 4.69) is 6.26 Å². The van der Waals surface area contributed by atoms with E-state index in [1.807, 2.05) is 24.3 Å². The first-order valence-corrected chi connectivity index (χ1v) is 8.58. The molecule has 1 aliphatic rings. The van der Waals surface area contributed by atoms with Gasteiger partial charge in [0.05, 0.1) is 0 Å². The van der Waals surface area contributed by atoms with Crippen LogP contribution in [0, 0.1) is 5.92 Å². The van der Waals surface area contributed by atoms with Crippen molar-refractivity contribution in [2.24, 2.45) is 5.92 Å². The van der Waals surface area contributed by atoms with Crippen LogP contribution in [-0.4, -0.2) is 41.2 Å². The highest BCUT2D eigenvalue weighted by Gasteiger charge is 2.25. The van der Waals surface area contributed by atoms with E-state index < -0.39 is 5.97 Å². The molecule has 0 spiro atoms. The number of carboxylic acids is 1. The summed E-state index contributed by atoms with van der Waals surface area (Å²) in [6, 6.07) is 7.72. The molecular formula is C16H21NO3S. The molecule has 114 valence electrons. The first-order chi connectivity index (χ1) is 10.1. The molecule has 1 aliphatic heterocycles. The molecule has 1 N–H and O–H groups in total. The SMILES string of the molecule is CSCc1ccc(C(=O)N2CCCC(CC(=O)O)C2)cc1. The van der Waals surface area contributed by atoms with Gasteiger partial charge in [0.2, 0.25) is 0 Å². The molecule has 0 aromatic heterocycles. The van der Waals surface area contributed by atoms with Crippen molar-refractivity contribution in [3.05, 3.63) is 35.4 Å². The first kappa shape index (κ1) is 15.9. The minimum Gasteiger partial charge on any atom is -0.481 e. The van der Waals surface area contributed by atoms with Gasteiger partial charge in [-0.2, -0.15) is 11.8 Å². The average Bonchev–Trinajstić information content (AvgIpc) is 2.47. The van der Waals surface area contributed by atoms with Crippen LogP contribution in [0.2, 0.25) is 0 Å². The lowest BCUT2D eigenvalue weighted by Crippen LogP contribution is -2.40. The Morgan fingerprint density at radius 1 is 1.33 bits per heavy atom. The number of carboxylic acid groups (broad SMARTS) is 1. The smallest absolute Gasteiger partial charge is 0.303 e. The van der Waals surface area contributed by atoms with Crippen LogP contribution >= 0.6 is 11.8 Å². The van der Waals surface area contributed by atoms with E-state index in [-0.39, 0.29) is 18.2 Å². The lowest BCUT2D eigenvalue weighted by atomic mass is 9.94. The fourth-order valence-electron chi connectivity index (χ4n) is 2.76. The molecule has 0 radical (unpaired) electrons. The van der Waals surface area contributed by atoms with Crippen molar-refractivity contribution in [3.8, 4) is 0 Å². The Kier molecular flexibility index (Phi) is 5.67. The van der Waals surface area contributed by atoms with Crippen LogP contribution < -0.4 is 0 Å². The summed E-state index contributed by atoms with van der Waals surface area (Å²) in [5.74, 6) is 0.256. The third-order valence-electron chi connectivity index (χ3n) is 3.78. The van der Waals surface area contributed by atoms with Crippen molar-refractivity contribution in [3.63, 3.8) is 0 Å². The van der Waals surface area contributed by atoms with Gasteiger partial charge in [0.15, 0.2) is 0 Å². The number of carbonyl (C=O) groups is 2. The zero-order valence-electron chi connectivity index (χ0n) is 12.2. The molecule has 1 saturated heterocycles. The Morgan fingerprint density at radius 3 is 2.67 bits per heavy atom. The molecule has 1 fully saturated rings. The summed E-state index contributed by atoms with van der Waals surface area (Å²) in [4.78, 5) is 25.1. The van der Waals surface area contributed by atoms with Crippen LogP contribution in [-0.2, 0) is 10.5 Å². The number of aliphatic carboxylic acids is 1. The number of nitrogens with zero attached hydrogens (tertiary/aromatic N) is 1. The average molecular weight is 307 g/mol. The number of hydrogen-bond donors (Lipinski definition) is 1. The molecule has 0 aliphatic carbocycles. The zero-order chi connectivity index (χ0) is 15.2. The third-order valence-corrected chi connectivity index (χ3v) is 4.40. The molecule has 1 aromatic carbocycles. The fraction of sp³-hybridized carbons (Fsp3) is 0.500. The van der Waals surface area contributed by atoms with Gasteiger partial charge in [0, 0.05) is 30.8 Å². The van der Waals surface area contributed by atoms with Crippen LogP contribution in [0.4, 0.5) is 0 Å². The summed E-state index contributed by atoms with van der Waals surface area (Å²) in [6.45, 7) is 1.28. The van der Waals surface area contributed by atoms with E-state index in [1.165, 1.54) is 5.56 Å². The van der Waals surface area contributed by atoms with Crippen LogP contribution in [0.25, 0.3) is 0 Å². The minimum atomic E-state index is -0.782. The van der Waals surface area contributed by atoms with E-state index in [1.54, 1.807) is 16.7 Å².